The number of rotatable bonds is 3. The summed E-state index contributed by atoms with van der Waals surface area (Å²) in [4.78, 5) is 0. The Balaban J connectivity index is 2.20. The van der Waals surface area contributed by atoms with Crippen LogP contribution in [0.1, 0.15) is 17.2 Å². The second-order valence-electron chi connectivity index (χ2n) is 3.62. The van der Waals surface area contributed by atoms with Crippen LogP contribution in [0.2, 0.25) is 0 Å². The van der Waals surface area contributed by atoms with E-state index >= 15 is 0 Å². The maximum absolute atomic E-state index is 10.1. The zero-order chi connectivity index (χ0) is 11.5. The molecule has 0 aliphatic rings. The number of hydrogen-bond donors (Lipinski definition) is 2. The van der Waals surface area contributed by atoms with Gasteiger partial charge in [0.25, 0.3) is 0 Å². The van der Waals surface area contributed by atoms with Crippen molar-refractivity contribution in [2.24, 2.45) is 0 Å². The molecule has 0 saturated carbocycles. The van der Waals surface area contributed by atoms with Gasteiger partial charge in [-0.25, -0.2) is 0 Å². The Morgan fingerprint density at radius 2 is 2.19 bits per heavy atom. The van der Waals surface area contributed by atoms with Gasteiger partial charge in [-0.1, -0.05) is 15.9 Å². The van der Waals surface area contributed by atoms with E-state index in [1.54, 1.807) is 17.4 Å². The van der Waals surface area contributed by atoms with Gasteiger partial charge >= 0.3 is 0 Å². The predicted octanol–water partition coefficient (Wildman–Crippen LogP) is 3.37. The summed E-state index contributed by atoms with van der Waals surface area (Å²) in [5, 5.41) is 14.1. The minimum atomic E-state index is -0.549. The van der Waals surface area contributed by atoms with Crippen LogP contribution >= 0.6 is 27.3 Å². The van der Waals surface area contributed by atoms with Crippen LogP contribution in [0.3, 0.4) is 0 Å². The zero-order valence-corrected chi connectivity index (χ0v) is 11.0. The van der Waals surface area contributed by atoms with Gasteiger partial charge in [0, 0.05) is 22.1 Å². The summed E-state index contributed by atoms with van der Waals surface area (Å²) in [5.74, 6) is 0. The number of halogens is 1. The molecule has 1 heterocycles. The lowest BCUT2D eigenvalue weighted by Crippen LogP contribution is -2.04. The normalized spacial score (nSPS) is 12.6. The first-order valence-electron chi connectivity index (χ1n) is 4.91. The Morgan fingerprint density at radius 1 is 1.38 bits per heavy atom. The molecule has 2 nitrogen and oxygen atoms in total. The lowest BCUT2D eigenvalue weighted by Gasteiger charge is -2.13. The number of anilines is 1. The smallest absolute Gasteiger partial charge is 0.0850 e. The topological polar surface area (TPSA) is 46.2 Å². The average Bonchev–Trinajstić information content (AvgIpc) is 2.74. The van der Waals surface area contributed by atoms with Crippen molar-refractivity contribution in [2.75, 3.05) is 5.73 Å². The summed E-state index contributed by atoms with van der Waals surface area (Å²) in [6.45, 7) is 0. The molecule has 0 spiro atoms. The van der Waals surface area contributed by atoms with E-state index in [2.05, 4.69) is 15.9 Å². The summed E-state index contributed by atoms with van der Waals surface area (Å²) < 4.78 is 0.932. The number of aliphatic hydroxyl groups is 1. The van der Waals surface area contributed by atoms with E-state index in [4.69, 9.17) is 5.73 Å². The predicted molar refractivity (Wildman–Crippen MR) is 71.5 cm³/mol. The molecule has 0 radical (unpaired) electrons. The second kappa shape index (κ2) is 4.99. The van der Waals surface area contributed by atoms with Crippen LogP contribution in [0.4, 0.5) is 5.69 Å². The molecule has 0 fully saturated rings. The first kappa shape index (κ1) is 11.6. The lowest BCUT2D eigenvalue weighted by molar-refractivity contribution is 0.179. The van der Waals surface area contributed by atoms with Gasteiger partial charge in [-0.15, -0.1) is 0 Å². The molecule has 4 heteroatoms. The molecule has 0 aliphatic heterocycles. The van der Waals surface area contributed by atoms with Crippen LogP contribution in [0.25, 0.3) is 0 Å². The van der Waals surface area contributed by atoms with Crippen molar-refractivity contribution < 1.29 is 5.11 Å². The van der Waals surface area contributed by atoms with Gasteiger partial charge in [-0.05, 0) is 40.6 Å². The van der Waals surface area contributed by atoms with E-state index < -0.39 is 6.10 Å². The van der Waals surface area contributed by atoms with Gasteiger partial charge in [0.05, 0.1) is 6.10 Å². The summed E-state index contributed by atoms with van der Waals surface area (Å²) in [5.41, 5.74) is 8.39. The maximum atomic E-state index is 10.1. The van der Waals surface area contributed by atoms with Crippen molar-refractivity contribution in [2.45, 2.75) is 12.5 Å². The van der Waals surface area contributed by atoms with Crippen molar-refractivity contribution in [3.63, 3.8) is 0 Å². The van der Waals surface area contributed by atoms with Crippen molar-refractivity contribution in [3.8, 4) is 0 Å². The molecule has 16 heavy (non-hydrogen) atoms. The highest BCUT2D eigenvalue weighted by Crippen LogP contribution is 2.27. The SMILES string of the molecule is Nc1ccc(Br)cc1C(O)Cc1ccsc1. The maximum Gasteiger partial charge on any atom is 0.0850 e. The van der Waals surface area contributed by atoms with E-state index in [0.717, 1.165) is 15.6 Å². The quantitative estimate of drug-likeness (QED) is 0.853. The Kier molecular flexibility index (Phi) is 3.63. The third-order valence-electron chi connectivity index (χ3n) is 2.42. The van der Waals surface area contributed by atoms with E-state index in [1.165, 1.54) is 0 Å². The van der Waals surface area contributed by atoms with Crippen LogP contribution in [-0.4, -0.2) is 5.11 Å². The van der Waals surface area contributed by atoms with Gasteiger partial charge in [0.1, 0.15) is 0 Å². The van der Waals surface area contributed by atoms with Gasteiger partial charge < -0.3 is 10.8 Å². The third-order valence-corrected chi connectivity index (χ3v) is 3.64. The van der Waals surface area contributed by atoms with Gasteiger partial charge in [0.2, 0.25) is 0 Å². The Hall–Kier alpha value is -0.840. The largest absolute Gasteiger partial charge is 0.398 e. The zero-order valence-electron chi connectivity index (χ0n) is 8.56. The average molecular weight is 298 g/mol. The number of hydrogen-bond acceptors (Lipinski definition) is 3. The molecule has 1 atom stereocenters. The number of thiophene rings is 1. The van der Waals surface area contributed by atoms with Crippen molar-refractivity contribution >= 4 is 33.0 Å². The molecule has 2 rings (SSSR count). The molecule has 1 unspecified atom stereocenters. The minimum absolute atomic E-state index is 0.549. The molecule has 0 amide bonds. The molecule has 0 bridgehead atoms. The van der Waals surface area contributed by atoms with E-state index in [0.29, 0.717) is 12.1 Å². The minimum Gasteiger partial charge on any atom is -0.398 e. The first-order chi connectivity index (χ1) is 7.66. The fraction of sp³-hybridized carbons (Fsp3) is 0.167. The Labute approximate surface area is 107 Å². The lowest BCUT2D eigenvalue weighted by atomic mass is 10.0. The Bertz CT molecular complexity index is 470. The molecule has 3 N–H and O–H groups in total. The monoisotopic (exact) mass is 297 g/mol. The number of nitrogen functional groups attached to an aromatic ring is 1. The highest BCUT2D eigenvalue weighted by molar-refractivity contribution is 9.10. The van der Waals surface area contributed by atoms with Crippen LogP contribution in [0.5, 0.6) is 0 Å². The molecular formula is C12H12BrNOS. The van der Waals surface area contributed by atoms with Gasteiger partial charge in [-0.3, -0.25) is 0 Å². The highest BCUT2D eigenvalue weighted by atomic mass is 79.9. The standard InChI is InChI=1S/C12H12BrNOS/c13-9-1-2-11(14)10(6-9)12(15)5-8-3-4-16-7-8/h1-4,6-7,12,15H,5,14H2. The number of nitrogens with two attached hydrogens (primary N) is 1. The van der Waals surface area contributed by atoms with E-state index in [1.807, 2.05) is 29.0 Å². The highest BCUT2D eigenvalue weighted by Gasteiger charge is 2.12. The van der Waals surface area contributed by atoms with Crippen molar-refractivity contribution in [1.29, 1.82) is 0 Å². The van der Waals surface area contributed by atoms with E-state index in [9.17, 15) is 5.11 Å². The first-order valence-corrected chi connectivity index (χ1v) is 6.64. The number of aliphatic hydroxyl groups excluding tert-OH is 1. The fourth-order valence-corrected chi connectivity index (χ4v) is 2.64. The van der Waals surface area contributed by atoms with Crippen molar-refractivity contribution in [1.82, 2.24) is 0 Å². The second-order valence-corrected chi connectivity index (χ2v) is 5.32. The number of benzene rings is 1. The molecule has 1 aromatic carbocycles. The van der Waals surface area contributed by atoms with Gasteiger partial charge in [0.15, 0.2) is 0 Å². The third kappa shape index (κ3) is 2.64. The molecule has 84 valence electrons. The Morgan fingerprint density at radius 3 is 2.88 bits per heavy atom. The van der Waals surface area contributed by atoms with Crippen LogP contribution < -0.4 is 5.73 Å². The molecule has 1 aromatic heterocycles. The summed E-state index contributed by atoms with van der Waals surface area (Å²) >= 11 is 5.01. The molecular weight excluding hydrogens is 286 g/mol. The fourth-order valence-electron chi connectivity index (χ4n) is 1.58. The molecule has 2 aromatic rings. The summed E-state index contributed by atoms with van der Waals surface area (Å²) in [6.07, 6.45) is 0.0524. The molecule has 0 aliphatic carbocycles. The van der Waals surface area contributed by atoms with E-state index in [-0.39, 0.29) is 0 Å². The molecule has 0 saturated heterocycles. The van der Waals surface area contributed by atoms with Gasteiger partial charge in [-0.2, -0.15) is 11.3 Å². The van der Waals surface area contributed by atoms with Crippen LogP contribution in [0, 0.1) is 0 Å². The summed E-state index contributed by atoms with van der Waals surface area (Å²) in [7, 11) is 0. The summed E-state index contributed by atoms with van der Waals surface area (Å²) in [6, 6.07) is 7.56. The van der Waals surface area contributed by atoms with Crippen LogP contribution in [0.15, 0.2) is 39.5 Å². The van der Waals surface area contributed by atoms with Crippen molar-refractivity contribution in [3.05, 3.63) is 50.6 Å². The van der Waals surface area contributed by atoms with Crippen LogP contribution in [-0.2, 0) is 6.42 Å².